The number of hydrogen-bond donors (Lipinski definition) is 1. The molecule has 1 N–H and O–H groups in total. The number of nitrogens with zero attached hydrogens (tertiary/aromatic N) is 1. The smallest absolute Gasteiger partial charge is 0.416 e. The standard InChI is InChI=1S/C26H31ClF3NO2/c1-18(33-23-12-8-21(9-13-23)26(28,29)30)25(16-3-4-17-31(25)19(2)32)24(14-5-15-24)20-6-10-22(27)11-7-20/h6-13,18-19,32H,3-5,14-17H2,1-2H3. The molecule has 0 amide bonds. The molecule has 2 aromatic rings. The van der Waals surface area contributed by atoms with E-state index in [1.165, 1.54) is 17.7 Å². The van der Waals surface area contributed by atoms with E-state index < -0.39 is 23.5 Å². The Hall–Kier alpha value is -1.76. The Bertz CT molecular complexity index is 942. The van der Waals surface area contributed by atoms with Gasteiger partial charge in [0.15, 0.2) is 0 Å². The summed E-state index contributed by atoms with van der Waals surface area (Å²) in [6.07, 6.45) is 0.386. The maximum Gasteiger partial charge on any atom is 0.416 e. The summed E-state index contributed by atoms with van der Waals surface area (Å²) in [5, 5.41) is 11.5. The largest absolute Gasteiger partial charge is 0.489 e. The molecular formula is C26H31ClF3NO2. The first-order valence-corrected chi connectivity index (χ1v) is 12.0. The maximum absolute atomic E-state index is 13.0. The predicted octanol–water partition coefficient (Wildman–Crippen LogP) is 6.81. The van der Waals surface area contributed by atoms with Crippen molar-refractivity contribution in [2.75, 3.05) is 6.54 Å². The van der Waals surface area contributed by atoms with Gasteiger partial charge in [0, 0.05) is 17.0 Å². The van der Waals surface area contributed by atoms with Crippen LogP contribution in [0.25, 0.3) is 0 Å². The zero-order valence-corrected chi connectivity index (χ0v) is 19.8. The number of piperidine rings is 1. The zero-order chi connectivity index (χ0) is 23.9. The van der Waals surface area contributed by atoms with E-state index in [1.54, 1.807) is 6.92 Å². The molecule has 1 saturated heterocycles. The molecule has 0 bridgehead atoms. The second kappa shape index (κ2) is 9.12. The Morgan fingerprint density at radius 2 is 1.58 bits per heavy atom. The molecule has 2 aromatic carbocycles. The van der Waals surface area contributed by atoms with E-state index in [0.29, 0.717) is 10.8 Å². The number of rotatable bonds is 6. The lowest BCUT2D eigenvalue weighted by atomic mass is 9.50. The average molecular weight is 482 g/mol. The molecule has 1 heterocycles. The molecular weight excluding hydrogens is 451 g/mol. The minimum Gasteiger partial charge on any atom is -0.489 e. The molecule has 3 atom stereocenters. The Morgan fingerprint density at radius 3 is 2.09 bits per heavy atom. The molecule has 1 aliphatic carbocycles. The van der Waals surface area contributed by atoms with Crippen LogP contribution in [0.2, 0.25) is 5.02 Å². The minimum atomic E-state index is -4.39. The van der Waals surface area contributed by atoms with Crippen molar-refractivity contribution in [1.82, 2.24) is 4.90 Å². The van der Waals surface area contributed by atoms with Crippen molar-refractivity contribution >= 4 is 11.6 Å². The van der Waals surface area contributed by atoms with Crippen molar-refractivity contribution < 1.29 is 23.0 Å². The summed E-state index contributed by atoms with van der Waals surface area (Å²) in [5.74, 6) is 0.400. The van der Waals surface area contributed by atoms with Gasteiger partial charge in [-0.05, 0) is 81.5 Å². The molecule has 3 unspecified atom stereocenters. The number of aliphatic hydroxyl groups is 1. The third-order valence-electron chi connectivity index (χ3n) is 7.77. The van der Waals surface area contributed by atoms with Gasteiger partial charge in [0.2, 0.25) is 0 Å². The Labute approximate surface area is 198 Å². The summed E-state index contributed by atoms with van der Waals surface area (Å²) in [5.41, 5.74) is -0.264. The molecule has 2 fully saturated rings. The number of likely N-dealkylation sites (tertiary alicyclic amines) is 1. The average Bonchev–Trinajstić information content (AvgIpc) is 2.74. The summed E-state index contributed by atoms with van der Waals surface area (Å²) in [4.78, 5) is 2.17. The third kappa shape index (κ3) is 4.26. The molecule has 33 heavy (non-hydrogen) atoms. The lowest BCUT2D eigenvalue weighted by Gasteiger charge is -2.65. The van der Waals surface area contributed by atoms with Crippen LogP contribution in [-0.4, -0.2) is 34.4 Å². The van der Waals surface area contributed by atoms with E-state index in [9.17, 15) is 18.3 Å². The number of alkyl halides is 3. The van der Waals surface area contributed by atoms with Crippen LogP contribution in [0.3, 0.4) is 0 Å². The van der Waals surface area contributed by atoms with Crippen LogP contribution < -0.4 is 4.74 Å². The highest BCUT2D eigenvalue weighted by Gasteiger charge is 2.63. The van der Waals surface area contributed by atoms with Gasteiger partial charge >= 0.3 is 6.18 Å². The van der Waals surface area contributed by atoms with Crippen molar-refractivity contribution in [2.45, 2.75) is 81.8 Å². The highest BCUT2D eigenvalue weighted by Crippen LogP contribution is 2.58. The summed E-state index contributed by atoms with van der Waals surface area (Å²) >= 11 is 6.18. The Balaban J connectivity index is 1.75. The fraction of sp³-hybridized carbons (Fsp3) is 0.538. The highest BCUT2D eigenvalue weighted by atomic mass is 35.5. The zero-order valence-electron chi connectivity index (χ0n) is 19.0. The second-order valence-electron chi connectivity index (χ2n) is 9.43. The first-order valence-electron chi connectivity index (χ1n) is 11.6. The van der Waals surface area contributed by atoms with Gasteiger partial charge < -0.3 is 9.84 Å². The number of ether oxygens (including phenoxy) is 1. The lowest BCUT2D eigenvalue weighted by Crippen LogP contribution is -2.73. The fourth-order valence-corrected chi connectivity index (χ4v) is 6.30. The first kappa shape index (κ1) is 24.4. The molecule has 1 saturated carbocycles. The quantitative estimate of drug-likeness (QED) is 0.492. The van der Waals surface area contributed by atoms with Crippen molar-refractivity contribution in [1.29, 1.82) is 0 Å². The van der Waals surface area contributed by atoms with Gasteiger partial charge in [0.25, 0.3) is 0 Å². The van der Waals surface area contributed by atoms with Crippen molar-refractivity contribution in [3.8, 4) is 5.75 Å². The van der Waals surface area contributed by atoms with Gasteiger partial charge in [0.1, 0.15) is 18.1 Å². The number of hydrogen-bond acceptors (Lipinski definition) is 3. The lowest BCUT2D eigenvalue weighted by molar-refractivity contribution is -0.170. The number of benzene rings is 2. The van der Waals surface area contributed by atoms with E-state index in [4.69, 9.17) is 16.3 Å². The van der Waals surface area contributed by atoms with E-state index in [1.807, 2.05) is 19.1 Å². The van der Waals surface area contributed by atoms with Crippen LogP contribution in [0, 0.1) is 0 Å². The highest BCUT2D eigenvalue weighted by molar-refractivity contribution is 6.30. The minimum absolute atomic E-state index is 0.236. The van der Waals surface area contributed by atoms with Gasteiger partial charge in [-0.3, -0.25) is 4.90 Å². The molecule has 0 aromatic heterocycles. The molecule has 7 heteroatoms. The molecule has 180 valence electrons. The van der Waals surface area contributed by atoms with Gasteiger partial charge in [-0.15, -0.1) is 0 Å². The van der Waals surface area contributed by atoms with Gasteiger partial charge in [-0.25, -0.2) is 0 Å². The van der Waals surface area contributed by atoms with Crippen LogP contribution in [-0.2, 0) is 11.6 Å². The molecule has 3 nitrogen and oxygen atoms in total. The Morgan fingerprint density at radius 1 is 0.939 bits per heavy atom. The maximum atomic E-state index is 13.0. The summed E-state index contributed by atoms with van der Waals surface area (Å²) < 4.78 is 45.4. The van der Waals surface area contributed by atoms with E-state index in [0.717, 1.165) is 57.2 Å². The monoisotopic (exact) mass is 481 g/mol. The normalized spacial score (nSPS) is 25.2. The second-order valence-corrected chi connectivity index (χ2v) is 9.87. The van der Waals surface area contributed by atoms with E-state index in [-0.39, 0.29) is 11.5 Å². The molecule has 2 aliphatic rings. The van der Waals surface area contributed by atoms with Gasteiger partial charge in [-0.1, -0.05) is 36.6 Å². The topological polar surface area (TPSA) is 32.7 Å². The summed E-state index contributed by atoms with van der Waals surface area (Å²) in [6, 6.07) is 12.8. The van der Waals surface area contributed by atoms with Gasteiger partial charge in [-0.2, -0.15) is 13.2 Å². The van der Waals surface area contributed by atoms with E-state index in [2.05, 4.69) is 17.0 Å². The SMILES string of the molecule is CC(O)N1CCCCC1(C(C)Oc1ccc(C(F)(F)F)cc1)C1(c2ccc(Cl)cc2)CCC1. The predicted molar refractivity (Wildman–Crippen MR) is 123 cm³/mol. The van der Waals surface area contributed by atoms with Crippen molar-refractivity contribution in [3.63, 3.8) is 0 Å². The Kier molecular flexibility index (Phi) is 6.74. The molecule has 0 radical (unpaired) electrons. The molecule has 1 aliphatic heterocycles. The third-order valence-corrected chi connectivity index (χ3v) is 8.02. The van der Waals surface area contributed by atoms with Crippen LogP contribution in [0.15, 0.2) is 48.5 Å². The molecule has 0 spiro atoms. The fourth-order valence-electron chi connectivity index (χ4n) is 6.17. The van der Waals surface area contributed by atoms with Crippen LogP contribution >= 0.6 is 11.6 Å². The van der Waals surface area contributed by atoms with Crippen molar-refractivity contribution in [3.05, 3.63) is 64.7 Å². The molecule has 4 rings (SSSR count). The first-order chi connectivity index (χ1) is 15.6. The van der Waals surface area contributed by atoms with Crippen LogP contribution in [0.5, 0.6) is 5.75 Å². The van der Waals surface area contributed by atoms with Crippen LogP contribution in [0.4, 0.5) is 13.2 Å². The number of halogens is 4. The number of aliphatic hydroxyl groups excluding tert-OH is 1. The van der Waals surface area contributed by atoms with Crippen molar-refractivity contribution in [2.24, 2.45) is 0 Å². The summed E-state index contributed by atoms with van der Waals surface area (Å²) in [7, 11) is 0. The van der Waals surface area contributed by atoms with Gasteiger partial charge in [0.05, 0.1) is 11.1 Å². The van der Waals surface area contributed by atoms with Crippen LogP contribution in [0.1, 0.15) is 63.5 Å². The van der Waals surface area contributed by atoms with E-state index >= 15 is 0 Å². The summed E-state index contributed by atoms with van der Waals surface area (Å²) in [6.45, 7) is 4.53.